The number of hydrogen-bond donors (Lipinski definition) is 18. The fourth-order valence-corrected chi connectivity index (χ4v) is 10.7. The zero-order valence-electron chi connectivity index (χ0n) is 53.7. The van der Waals surface area contributed by atoms with Crippen LogP contribution in [0.5, 0.6) is 0 Å². The van der Waals surface area contributed by atoms with Gasteiger partial charge < -0.3 is 85.0 Å². The average molecular weight is 1390 g/mol. The number of aromatic amines is 4. The number of H-pyrrole nitrogens is 4. The average Bonchev–Trinajstić information content (AvgIpc) is 0.878. The second-order valence-electron chi connectivity index (χ2n) is 23.1. The molecule has 0 saturated heterocycles. The summed E-state index contributed by atoms with van der Waals surface area (Å²) in [5.74, 6) is -10.2. The lowest BCUT2D eigenvalue weighted by atomic mass is 10.0. The monoisotopic (exact) mass is 1390 g/mol. The van der Waals surface area contributed by atoms with Gasteiger partial charge in [-0.1, -0.05) is 48.5 Å². The predicted octanol–water partition coefficient (Wildman–Crippen LogP) is -5.36. The maximum Gasteiger partial charge on any atom is 0.328 e. The van der Waals surface area contributed by atoms with Gasteiger partial charge in [0.1, 0.15) is 42.3 Å². The molecule has 8 amide bonds. The van der Waals surface area contributed by atoms with Crippen molar-refractivity contribution in [3.63, 3.8) is 0 Å². The van der Waals surface area contributed by atoms with Gasteiger partial charge in [-0.05, 0) is 67.6 Å². The first kappa shape index (κ1) is 73.4. The number of carbonyl (C=O) groups excluding carboxylic acids is 8. The van der Waals surface area contributed by atoms with Gasteiger partial charge in [0.15, 0.2) is 11.9 Å². The van der Waals surface area contributed by atoms with Gasteiger partial charge >= 0.3 is 17.1 Å². The van der Waals surface area contributed by atoms with Gasteiger partial charge in [-0.2, -0.15) is 0 Å². The molecule has 0 aliphatic carbocycles. The molecular formula is C62H71N23O16. The number of non-ortho nitro benzene ring substituents is 1. The molecule has 101 heavy (non-hydrogen) atoms. The zero-order valence-corrected chi connectivity index (χ0v) is 53.7. The molecule has 4 aromatic heterocycles. The van der Waals surface area contributed by atoms with Crippen molar-refractivity contribution in [1.82, 2.24) is 86.5 Å². The second-order valence-corrected chi connectivity index (χ2v) is 23.1. The van der Waals surface area contributed by atoms with Crippen LogP contribution in [0.4, 0.5) is 5.69 Å². The van der Waals surface area contributed by atoms with E-state index in [1.54, 1.807) is 0 Å². The molecule has 0 spiro atoms. The summed E-state index contributed by atoms with van der Waals surface area (Å²) < 4.78 is 1.49. The van der Waals surface area contributed by atoms with E-state index in [0.29, 0.717) is 13.7 Å². The molecule has 39 nitrogen and oxygen atoms in total. The Morgan fingerprint density at radius 2 is 0.851 bits per heavy atom. The van der Waals surface area contributed by atoms with E-state index in [2.05, 4.69) is 72.8 Å². The first-order chi connectivity index (χ1) is 48.1. The van der Waals surface area contributed by atoms with E-state index in [9.17, 15) is 62.9 Å². The SMILES string of the molecule is CC(=O)N[C@@H](CCCNC(=N)N)C(=O)N[C@@H](Cc1c[nH]cn1)C(=O)N[C@@H](Cc1ccc([N+](=O)[O-])cc1)C(=O)N[C@H](Cn1c(=O)[nH]c2ccccc2c1=O)C(=O)N[C@H](Cn1c(=O)[nH]c2ccccc2c1=O)C(=O)N[C@H](Cn1c(=O)[nH]c2ccccc2c1=O)C(=O)N[C@@H](CCCNC(=N)N)C(N)=O. The minimum Gasteiger partial charge on any atom is -0.370 e. The van der Waals surface area contributed by atoms with Crippen molar-refractivity contribution in [3.05, 3.63) is 193 Å². The standard InChI is InChI=1S/C62H71N23O16/c1-31(86)72-42(17-9-23-70-59(66)67)49(88)75-44(25-33-26-68-30-71-33)51(90)74-43(24-32-18-20-34(21-19-32)85(100)101)50(89)76-46(28-83-56(95)36-11-3-6-14-39(36)80-61(83)98)53(92)78-47(29-84-57(96)37-12-4-7-15-40(37)81-62(84)99)54(93)77-45(52(91)73-41(48(63)87)16-8-22-69-58(64)65)27-82-55(94)35-10-2-5-13-38(35)79-60(82)97/h2-7,10-15,18-21,26,30,41-47H,8-9,16-17,22-25,27-29H2,1H3,(H2,63,87)(H,68,71)(H,72,86)(H,73,91)(H,74,90)(H,75,88)(H,76,89)(H,77,93)(H,78,92)(H,79,97)(H,80,98)(H,81,99)(H4,64,65,69)(H4,66,67,70)/t41-,42-,43-,44-,45+,46+,47+/m0/s1. The Bertz CT molecular complexity index is 4870. The van der Waals surface area contributed by atoms with Crippen molar-refractivity contribution >= 4 is 97.6 Å². The number of carbonyl (C=O) groups is 8. The van der Waals surface area contributed by atoms with Crippen LogP contribution >= 0.6 is 0 Å². The molecule has 0 bridgehead atoms. The molecule has 0 radical (unpaired) electrons. The number of amides is 8. The van der Waals surface area contributed by atoms with Gasteiger partial charge in [0.05, 0.1) is 69.3 Å². The minimum absolute atomic E-state index is 0.00577. The first-order valence-electron chi connectivity index (χ1n) is 31.1. The number of nitrogens with two attached hydrogens (primary N) is 3. The number of aromatic nitrogens is 8. The Morgan fingerprint density at radius 1 is 0.495 bits per heavy atom. The molecule has 530 valence electrons. The smallest absolute Gasteiger partial charge is 0.328 e. The van der Waals surface area contributed by atoms with Crippen LogP contribution in [-0.4, -0.2) is 158 Å². The number of nitro benzene ring substituents is 1. The number of guanidine groups is 2. The predicted molar refractivity (Wildman–Crippen MR) is 362 cm³/mol. The topological polar surface area (TPSA) is 607 Å². The lowest BCUT2D eigenvalue weighted by Crippen LogP contribution is -2.63. The number of fused-ring (bicyclic) bond motifs is 3. The Balaban J connectivity index is 1.22. The van der Waals surface area contributed by atoms with Crippen LogP contribution < -0.4 is 98.8 Å². The van der Waals surface area contributed by atoms with E-state index in [1.165, 1.54) is 97.5 Å². The van der Waals surface area contributed by atoms with Crippen LogP contribution in [0.25, 0.3) is 32.7 Å². The lowest BCUT2D eigenvalue weighted by Gasteiger charge is -2.28. The van der Waals surface area contributed by atoms with Crippen LogP contribution in [0.1, 0.15) is 43.9 Å². The molecule has 0 saturated carbocycles. The van der Waals surface area contributed by atoms with Crippen LogP contribution in [0.15, 0.2) is 138 Å². The van der Waals surface area contributed by atoms with Crippen LogP contribution in [0, 0.1) is 20.9 Å². The fourth-order valence-electron chi connectivity index (χ4n) is 10.7. The van der Waals surface area contributed by atoms with Gasteiger partial charge in [0.2, 0.25) is 47.3 Å². The number of imidazole rings is 1. The summed E-state index contributed by atoms with van der Waals surface area (Å²) in [5, 5.41) is 48.6. The molecule has 0 aliphatic rings. The molecular weight excluding hydrogens is 1320 g/mol. The third-order valence-electron chi connectivity index (χ3n) is 15.8. The number of para-hydroxylation sites is 3. The zero-order chi connectivity index (χ0) is 73.2. The summed E-state index contributed by atoms with van der Waals surface area (Å²) in [5.41, 5.74) is 10.0. The van der Waals surface area contributed by atoms with Crippen LogP contribution in [0.2, 0.25) is 0 Å². The maximum atomic E-state index is 15.5. The third-order valence-corrected chi connectivity index (χ3v) is 15.8. The summed E-state index contributed by atoms with van der Waals surface area (Å²) in [6.07, 6.45) is 1.61. The summed E-state index contributed by atoms with van der Waals surface area (Å²) in [7, 11) is 0. The largest absolute Gasteiger partial charge is 0.370 e. The highest BCUT2D eigenvalue weighted by molar-refractivity contribution is 5.98. The Morgan fingerprint density at radius 3 is 1.22 bits per heavy atom. The number of nitrogens with one attached hydrogen (secondary N) is 15. The molecule has 0 fully saturated rings. The molecule has 4 heterocycles. The van der Waals surface area contributed by atoms with E-state index >= 15 is 14.4 Å². The highest BCUT2D eigenvalue weighted by Gasteiger charge is 2.37. The summed E-state index contributed by atoms with van der Waals surface area (Å²) in [4.78, 5) is 225. The lowest BCUT2D eigenvalue weighted by molar-refractivity contribution is -0.384. The highest BCUT2D eigenvalue weighted by Crippen LogP contribution is 2.15. The van der Waals surface area contributed by atoms with Gasteiger partial charge in [-0.3, -0.25) is 87.4 Å². The Labute approximate surface area is 567 Å². The normalized spacial score (nSPS) is 13.2. The molecule has 7 atom stereocenters. The van der Waals surface area contributed by atoms with E-state index in [1.807, 2.05) is 0 Å². The summed E-state index contributed by atoms with van der Waals surface area (Å²) in [6.45, 7) is -2.10. The third kappa shape index (κ3) is 19.4. The van der Waals surface area contributed by atoms with Crippen molar-refractivity contribution < 1.29 is 43.3 Å². The number of rotatable bonds is 33. The number of benzene rings is 4. The highest BCUT2D eigenvalue weighted by atomic mass is 16.6. The quantitative estimate of drug-likeness (QED) is 0.00600. The molecule has 0 aliphatic heterocycles. The van der Waals surface area contributed by atoms with Crippen LogP contribution in [-0.2, 0) is 70.8 Å². The van der Waals surface area contributed by atoms with Gasteiger partial charge in [0.25, 0.3) is 22.4 Å². The van der Waals surface area contributed by atoms with Crippen molar-refractivity contribution in [3.8, 4) is 0 Å². The molecule has 0 unspecified atom stereocenters. The summed E-state index contributed by atoms with van der Waals surface area (Å²) >= 11 is 0. The molecule has 39 heteroatoms. The van der Waals surface area contributed by atoms with E-state index in [4.69, 9.17) is 28.0 Å². The number of nitro groups is 1. The number of hydrogen-bond acceptors (Lipinski definition) is 19. The number of nitrogens with zero attached hydrogens (tertiary/aromatic N) is 5. The Kier molecular flexibility index (Phi) is 24.4. The van der Waals surface area contributed by atoms with Gasteiger partial charge in [-0.25, -0.2) is 19.4 Å². The van der Waals surface area contributed by atoms with Crippen molar-refractivity contribution in [2.75, 3.05) is 13.1 Å². The maximum absolute atomic E-state index is 15.5. The fraction of sp³-hybridized carbons (Fsp3) is 0.306. The van der Waals surface area contributed by atoms with E-state index < -0.39 is 166 Å². The van der Waals surface area contributed by atoms with Crippen molar-refractivity contribution in [2.45, 2.75) is 107 Å². The Hall–Kier alpha value is -13.4. The first-order valence-corrected chi connectivity index (χ1v) is 31.1. The van der Waals surface area contributed by atoms with Crippen molar-refractivity contribution in [1.29, 1.82) is 10.8 Å². The molecule has 4 aromatic carbocycles. The molecule has 8 rings (SSSR count). The van der Waals surface area contributed by atoms with Gasteiger partial charge in [0, 0.05) is 51.2 Å². The molecule has 8 aromatic rings. The van der Waals surface area contributed by atoms with Crippen LogP contribution in [0.3, 0.4) is 0 Å². The van der Waals surface area contributed by atoms with Crippen molar-refractivity contribution in [2.24, 2.45) is 17.2 Å². The van der Waals surface area contributed by atoms with Gasteiger partial charge in [-0.15, -0.1) is 0 Å². The number of primary amides is 1. The second kappa shape index (κ2) is 33.5. The summed E-state index contributed by atoms with van der Waals surface area (Å²) in [6, 6.07) is 8.48. The molecule has 21 N–H and O–H groups in total. The van der Waals surface area contributed by atoms with E-state index in [0.717, 1.165) is 19.1 Å². The minimum atomic E-state index is -2.31. The van der Waals surface area contributed by atoms with E-state index in [-0.39, 0.29) is 95.1 Å².